The quantitative estimate of drug-likeness (QED) is 0.536. The molecular weight excluding hydrogens is 222 g/mol. The average molecular weight is 230 g/mol. The van der Waals surface area contributed by atoms with Gasteiger partial charge in [-0.15, -0.1) is 0 Å². The molecule has 0 saturated carbocycles. The summed E-state index contributed by atoms with van der Waals surface area (Å²) in [4.78, 5) is 12.3. The van der Waals surface area contributed by atoms with E-state index in [4.69, 9.17) is 0 Å². The van der Waals surface area contributed by atoms with Crippen molar-refractivity contribution in [2.75, 3.05) is 0 Å². The molecule has 3 heteroatoms. The molecule has 0 N–H and O–H groups in total. The minimum absolute atomic E-state index is 0.993. The molecule has 0 radical (unpaired) electrons. The van der Waals surface area contributed by atoms with Crippen LogP contribution in [0.4, 0.5) is 0 Å². The standard InChI is InChI=1S/C12H8OP2/c13-15-11-7-3-1-5-9(11)14-10-6-2-4-8-12(10)15/h1-8H. The predicted octanol–water partition coefficient (Wildman–Crippen LogP) is 3.96. The molecule has 15 heavy (non-hydrogen) atoms. The molecular formula is C12H8OP2. The second-order valence-corrected chi connectivity index (χ2v) is 6.12. The number of benzene rings is 2. The van der Waals surface area contributed by atoms with Crippen LogP contribution in [0.15, 0.2) is 48.5 Å². The maximum Gasteiger partial charge on any atom is 0.157 e. The lowest BCUT2D eigenvalue weighted by atomic mass is 10.4. The molecule has 0 aliphatic rings. The van der Waals surface area contributed by atoms with Crippen molar-refractivity contribution in [2.24, 2.45) is 0 Å². The van der Waals surface area contributed by atoms with Gasteiger partial charge in [-0.25, -0.2) is 0 Å². The summed E-state index contributed by atoms with van der Waals surface area (Å²) in [5, 5.41) is 4.34. The van der Waals surface area contributed by atoms with Crippen molar-refractivity contribution < 1.29 is 4.89 Å². The molecule has 3 rings (SSSR count). The number of hydrogen-bond donors (Lipinski definition) is 0. The van der Waals surface area contributed by atoms with E-state index in [1.807, 2.05) is 36.4 Å². The Morgan fingerprint density at radius 3 is 1.80 bits per heavy atom. The summed E-state index contributed by atoms with van der Waals surface area (Å²) < 4.78 is 0. The van der Waals surface area contributed by atoms with Crippen LogP contribution in [0.5, 0.6) is 0 Å². The lowest BCUT2D eigenvalue weighted by molar-refractivity contribution is -0.148. The Labute approximate surface area is 90.3 Å². The number of fused-ring (bicyclic) bond motifs is 2. The molecule has 0 atom stereocenters. The molecule has 72 valence electrons. The first kappa shape index (κ1) is 9.24. The lowest BCUT2D eigenvalue weighted by Crippen LogP contribution is -1.85. The lowest BCUT2D eigenvalue weighted by Gasteiger charge is -2.01. The van der Waals surface area contributed by atoms with Crippen molar-refractivity contribution in [1.82, 2.24) is 0 Å². The summed E-state index contributed by atoms with van der Waals surface area (Å²) in [7, 11) is -0.206. The van der Waals surface area contributed by atoms with E-state index in [-0.39, 0.29) is 0 Å². The predicted molar refractivity (Wildman–Crippen MR) is 66.5 cm³/mol. The molecule has 1 nitrogen and oxygen atoms in total. The van der Waals surface area contributed by atoms with E-state index < -0.39 is 7.76 Å². The highest BCUT2D eigenvalue weighted by atomic mass is 31.1. The van der Waals surface area contributed by atoms with Crippen molar-refractivity contribution >= 4 is 36.4 Å². The van der Waals surface area contributed by atoms with Crippen molar-refractivity contribution in [1.29, 1.82) is 0 Å². The van der Waals surface area contributed by atoms with Crippen molar-refractivity contribution in [3.63, 3.8) is 0 Å². The third kappa shape index (κ3) is 1.44. The van der Waals surface area contributed by atoms with Gasteiger partial charge in [-0.1, -0.05) is 32.5 Å². The normalized spacial score (nSPS) is 12.7. The van der Waals surface area contributed by atoms with Gasteiger partial charge < -0.3 is 4.89 Å². The summed E-state index contributed by atoms with van der Waals surface area (Å²) in [5.41, 5.74) is 0. The molecule has 0 aliphatic carbocycles. The molecule has 0 aliphatic heterocycles. The van der Waals surface area contributed by atoms with Crippen LogP contribution < -0.4 is 4.89 Å². The van der Waals surface area contributed by atoms with Gasteiger partial charge in [0.25, 0.3) is 0 Å². The van der Waals surface area contributed by atoms with E-state index in [9.17, 15) is 4.89 Å². The average Bonchev–Trinajstić information content (AvgIpc) is 2.30. The minimum Gasteiger partial charge on any atom is -0.625 e. The molecule has 0 spiro atoms. The van der Waals surface area contributed by atoms with Crippen LogP contribution >= 0.6 is 16.0 Å². The Kier molecular flexibility index (Phi) is 2.18. The third-order valence-corrected chi connectivity index (χ3v) is 5.71. The zero-order chi connectivity index (χ0) is 10.3. The maximum atomic E-state index is 12.3. The third-order valence-electron chi connectivity index (χ3n) is 2.44. The molecule has 0 bridgehead atoms. The Hall–Kier alpha value is -1.00. The van der Waals surface area contributed by atoms with Gasteiger partial charge in [0.05, 0.1) is 18.0 Å². The number of rotatable bonds is 0. The van der Waals surface area contributed by atoms with Gasteiger partial charge in [0.15, 0.2) is 10.2 Å². The highest BCUT2D eigenvalue weighted by Gasteiger charge is 2.09. The summed E-state index contributed by atoms with van der Waals surface area (Å²) in [6.45, 7) is 0. The molecule has 2 aromatic carbocycles. The van der Waals surface area contributed by atoms with E-state index in [2.05, 4.69) is 12.1 Å². The minimum atomic E-state index is -1.38. The zero-order valence-corrected chi connectivity index (χ0v) is 9.71. The van der Waals surface area contributed by atoms with Gasteiger partial charge in [0.1, 0.15) is 0 Å². The first-order valence-electron chi connectivity index (χ1n) is 4.73. The first-order valence-corrected chi connectivity index (χ1v) is 6.89. The Bertz CT molecular complexity index is 595. The smallest absolute Gasteiger partial charge is 0.157 e. The van der Waals surface area contributed by atoms with E-state index in [0.29, 0.717) is 0 Å². The van der Waals surface area contributed by atoms with E-state index in [1.165, 1.54) is 18.4 Å². The molecule has 0 amide bonds. The fourth-order valence-electron chi connectivity index (χ4n) is 1.72. The summed E-state index contributed by atoms with van der Waals surface area (Å²) in [5.74, 6) is 0. The molecule has 1 heterocycles. The molecule has 3 aromatic rings. The first-order chi connectivity index (χ1) is 7.36. The van der Waals surface area contributed by atoms with Crippen LogP contribution in [0.2, 0.25) is 0 Å². The van der Waals surface area contributed by atoms with Gasteiger partial charge in [0.2, 0.25) is 0 Å². The van der Waals surface area contributed by atoms with Crippen LogP contribution in [-0.4, -0.2) is 0 Å². The van der Waals surface area contributed by atoms with E-state index in [1.54, 1.807) is 0 Å². The highest BCUT2D eigenvalue weighted by Crippen LogP contribution is 2.44. The maximum absolute atomic E-state index is 12.3. The van der Waals surface area contributed by atoms with E-state index in [0.717, 1.165) is 10.2 Å². The Balaban J connectivity index is 2.60. The SMILES string of the molecule is [O-][p+]1c2ccccc2pc2ccccc21. The van der Waals surface area contributed by atoms with Gasteiger partial charge in [-0.3, -0.25) is 0 Å². The van der Waals surface area contributed by atoms with Gasteiger partial charge >= 0.3 is 0 Å². The van der Waals surface area contributed by atoms with Crippen LogP contribution in [0.1, 0.15) is 0 Å². The second kappa shape index (κ2) is 3.54. The summed E-state index contributed by atoms with van der Waals surface area (Å²) in [6.07, 6.45) is 0. The Morgan fingerprint density at radius 2 is 1.27 bits per heavy atom. The number of hydrogen-bond acceptors (Lipinski definition) is 1. The van der Waals surface area contributed by atoms with Crippen LogP contribution in [0.3, 0.4) is 0 Å². The van der Waals surface area contributed by atoms with Crippen molar-refractivity contribution in [2.45, 2.75) is 0 Å². The Morgan fingerprint density at radius 1 is 0.800 bits per heavy atom. The van der Waals surface area contributed by atoms with Crippen LogP contribution in [0.25, 0.3) is 20.5 Å². The van der Waals surface area contributed by atoms with Crippen LogP contribution in [0, 0.1) is 0 Å². The van der Waals surface area contributed by atoms with Crippen molar-refractivity contribution in [3.8, 4) is 0 Å². The monoisotopic (exact) mass is 230 g/mol. The molecule has 0 saturated heterocycles. The largest absolute Gasteiger partial charge is 0.625 e. The fraction of sp³-hybridized carbons (Fsp3) is 0. The fourth-order valence-corrected chi connectivity index (χ4v) is 4.79. The van der Waals surface area contributed by atoms with Crippen LogP contribution in [-0.2, 0) is 0 Å². The molecule has 0 fully saturated rings. The van der Waals surface area contributed by atoms with E-state index >= 15 is 0 Å². The zero-order valence-electron chi connectivity index (χ0n) is 7.92. The topological polar surface area (TPSA) is 23.1 Å². The second-order valence-electron chi connectivity index (χ2n) is 3.38. The molecule has 1 aromatic heterocycles. The van der Waals surface area contributed by atoms with Crippen molar-refractivity contribution in [3.05, 3.63) is 48.5 Å². The molecule has 0 unspecified atom stereocenters. The summed E-state index contributed by atoms with van der Waals surface area (Å²) >= 11 is 0. The summed E-state index contributed by atoms with van der Waals surface area (Å²) in [6, 6.07) is 16.0. The van der Waals surface area contributed by atoms with Gasteiger partial charge in [-0.05, 0) is 24.3 Å². The highest BCUT2D eigenvalue weighted by molar-refractivity contribution is 7.59. The van der Waals surface area contributed by atoms with Gasteiger partial charge in [-0.2, -0.15) is 0 Å². The van der Waals surface area contributed by atoms with Gasteiger partial charge in [0, 0.05) is 0 Å².